The van der Waals surface area contributed by atoms with E-state index in [-0.39, 0.29) is 5.60 Å². The highest BCUT2D eigenvalue weighted by Crippen LogP contribution is 2.10. The normalized spacial score (nSPS) is 12.6. The lowest BCUT2D eigenvalue weighted by Gasteiger charge is -2.19. The molecule has 0 aromatic heterocycles. The van der Waals surface area contributed by atoms with Gasteiger partial charge in [-0.2, -0.15) is 0 Å². The van der Waals surface area contributed by atoms with Crippen molar-refractivity contribution in [3.05, 3.63) is 35.4 Å². The van der Waals surface area contributed by atoms with Crippen molar-refractivity contribution in [2.45, 2.75) is 32.4 Å². The van der Waals surface area contributed by atoms with Crippen LogP contribution in [0.5, 0.6) is 0 Å². The lowest BCUT2D eigenvalue weighted by Crippen LogP contribution is -2.22. The monoisotopic (exact) mass is 230 g/mol. The van der Waals surface area contributed by atoms with Gasteiger partial charge in [0.15, 0.2) is 21.4 Å². The van der Waals surface area contributed by atoms with Gasteiger partial charge in [0.05, 0.1) is 0 Å². The molecule has 0 unspecified atom stereocenters. The van der Waals surface area contributed by atoms with Gasteiger partial charge in [0.2, 0.25) is 0 Å². The van der Waals surface area contributed by atoms with E-state index < -0.39 is 21.4 Å². The number of halogens is 2. The lowest BCUT2D eigenvalue weighted by molar-refractivity contribution is 0.138. The maximum Gasteiger partial charge on any atom is 0.166 e. The summed E-state index contributed by atoms with van der Waals surface area (Å²) in [7, 11) is -0.709. The topological polar surface area (TPSA) is 9.23 Å². The summed E-state index contributed by atoms with van der Waals surface area (Å²) < 4.78 is 31.1. The molecule has 15 heavy (non-hydrogen) atoms. The van der Waals surface area contributed by atoms with Gasteiger partial charge in [-0.25, -0.2) is 8.78 Å². The van der Waals surface area contributed by atoms with Gasteiger partial charge in [0.1, 0.15) is 0 Å². The summed E-state index contributed by atoms with van der Waals surface area (Å²) in [6, 6.07) is 4.75. The SMILES string of the molecule is CC(C)(C)O[SiH2]Cc1ccc(F)c(F)c1. The molecule has 0 bridgehead atoms. The van der Waals surface area contributed by atoms with Gasteiger partial charge in [-0.05, 0) is 44.5 Å². The van der Waals surface area contributed by atoms with E-state index in [1.165, 1.54) is 6.07 Å². The molecule has 4 heteroatoms. The maximum atomic E-state index is 12.8. The number of hydrogen-bond acceptors (Lipinski definition) is 1. The van der Waals surface area contributed by atoms with E-state index in [1.807, 2.05) is 20.8 Å². The first-order chi connectivity index (χ1) is 6.88. The van der Waals surface area contributed by atoms with E-state index in [4.69, 9.17) is 4.43 Å². The van der Waals surface area contributed by atoms with Crippen LogP contribution >= 0.6 is 0 Å². The van der Waals surface area contributed by atoms with Crippen molar-refractivity contribution in [2.75, 3.05) is 0 Å². The molecule has 0 radical (unpaired) electrons. The van der Waals surface area contributed by atoms with Crippen LogP contribution in [0.2, 0.25) is 0 Å². The molecule has 0 aliphatic heterocycles. The average Bonchev–Trinajstić information content (AvgIpc) is 2.09. The van der Waals surface area contributed by atoms with Crippen molar-refractivity contribution in [1.82, 2.24) is 0 Å². The summed E-state index contributed by atoms with van der Waals surface area (Å²) in [4.78, 5) is 0. The van der Waals surface area contributed by atoms with Gasteiger partial charge in [-0.1, -0.05) is 6.07 Å². The second-order valence-electron chi connectivity index (χ2n) is 4.46. The summed E-state index contributed by atoms with van der Waals surface area (Å²) in [6.07, 6.45) is 0. The molecule has 1 nitrogen and oxygen atoms in total. The number of benzene rings is 1. The smallest absolute Gasteiger partial charge is 0.166 e. The van der Waals surface area contributed by atoms with E-state index in [9.17, 15) is 8.78 Å². The molecule has 0 saturated heterocycles. The molecule has 0 atom stereocenters. The summed E-state index contributed by atoms with van der Waals surface area (Å²) in [6.45, 7) is 5.97. The molecule has 0 aliphatic rings. The van der Waals surface area contributed by atoms with Crippen molar-refractivity contribution in [3.63, 3.8) is 0 Å². The highest BCUT2D eigenvalue weighted by Gasteiger charge is 2.10. The first kappa shape index (κ1) is 12.3. The predicted molar refractivity (Wildman–Crippen MR) is 59.4 cm³/mol. The van der Waals surface area contributed by atoms with Gasteiger partial charge < -0.3 is 4.43 Å². The van der Waals surface area contributed by atoms with Crippen molar-refractivity contribution >= 4 is 9.76 Å². The Balaban J connectivity index is 2.48. The number of rotatable bonds is 3. The molecule has 1 rings (SSSR count). The Labute approximate surface area is 91.4 Å². The third kappa shape index (κ3) is 4.53. The highest BCUT2D eigenvalue weighted by atomic mass is 28.2. The van der Waals surface area contributed by atoms with Crippen LogP contribution in [-0.2, 0) is 10.5 Å². The molecular formula is C11H16F2OSi. The van der Waals surface area contributed by atoms with Crippen LogP contribution in [0.4, 0.5) is 8.78 Å². The lowest BCUT2D eigenvalue weighted by atomic mass is 10.2. The summed E-state index contributed by atoms with van der Waals surface area (Å²) in [5.74, 6) is -1.57. The molecule has 0 N–H and O–H groups in total. The van der Waals surface area contributed by atoms with E-state index in [1.54, 1.807) is 6.07 Å². The van der Waals surface area contributed by atoms with Crippen LogP contribution in [-0.4, -0.2) is 15.4 Å². The molecule has 0 spiro atoms. The summed E-state index contributed by atoms with van der Waals surface area (Å²) >= 11 is 0. The van der Waals surface area contributed by atoms with E-state index >= 15 is 0 Å². The highest BCUT2D eigenvalue weighted by molar-refractivity contribution is 6.26. The molecule has 0 heterocycles. The Hall–Kier alpha value is -0.743. The molecule has 1 aromatic carbocycles. The molecular weight excluding hydrogens is 214 g/mol. The molecule has 0 amide bonds. The minimum atomic E-state index is -0.794. The maximum absolute atomic E-state index is 12.8. The Morgan fingerprint density at radius 1 is 1.20 bits per heavy atom. The van der Waals surface area contributed by atoms with E-state index in [0.29, 0.717) is 0 Å². The zero-order valence-corrected chi connectivity index (χ0v) is 10.7. The van der Waals surface area contributed by atoms with Crippen LogP contribution in [0, 0.1) is 11.6 Å². The molecule has 0 fully saturated rings. The molecule has 0 saturated carbocycles. The molecule has 0 aliphatic carbocycles. The quantitative estimate of drug-likeness (QED) is 0.724. The largest absolute Gasteiger partial charge is 0.419 e. The standard InChI is InChI=1S/C11H16F2OSi/c1-11(2,3)14-15-7-8-4-5-9(12)10(13)6-8/h4-6H,7,15H2,1-3H3. The number of hydrogen-bond donors (Lipinski definition) is 0. The fraction of sp³-hybridized carbons (Fsp3) is 0.455. The van der Waals surface area contributed by atoms with Gasteiger partial charge >= 0.3 is 0 Å². The average molecular weight is 230 g/mol. The first-order valence-electron chi connectivity index (χ1n) is 4.96. The second kappa shape index (κ2) is 4.85. The first-order valence-corrected chi connectivity index (χ1v) is 6.54. The van der Waals surface area contributed by atoms with E-state index in [0.717, 1.165) is 17.7 Å². The Bertz CT molecular complexity index is 334. The molecule has 1 aromatic rings. The fourth-order valence-electron chi connectivity index (χ4n) is 1.17. The van der Waals surface area contributed by atoms with Gasteiger partial charge in [0, 0.05) is 5.60 Å². The van der Waals surface area contributed by atoms with Crippen LogP contribution in [0.25, 0.3) is 0 Å². The van der Waals surface area contributed by atoms with Crippen molar-refractivity contribution < 1.29 is 13.2 Å². The Morgan fingerprint density at radius 3 is 2.40 bits per heavy atom. The zero-order valence-electron chi connectivity index (χ0n) is 9.31. The summed E-state index contributed by atoms with van der Waals surface area (Å²) in [5, 5.41) is 0. The Kier molecular flexibility index (Phi) is 3.99. The Morgan fingerprint density at radius 2 is 1.87 bits per heavy atom. The van der Waals surface area contributed by atoms with Crippen LogP contribution in [0.1, 0.15) is 26.3 Å². The van der Waals surface area contributed by atoms with E-state index in [2.05, 4.69) is 0 Å². The molecule has 84 valence electrons. The van der Waals surface area contributed by atoms with Gasteiger partial charge in [0.25, 0.3) is 0 Å². The third-order valence-electron chi connectivity index (χ3n) is 1.91. The van der Waals surface area contributed by atoms with Crippen molar-refractivity contribution in [1.29, 1.82) is 0 Å². The third-order valence-corrected chi connectivity index (χ3v) is 3.76. The van der Waals surface area contributed by atoms with Crippen molar-refractivity contribution in [2.24, 2.45) is 0 Å². The predicted octanol–water partition coefficient (Wildman–Crippen LogP) is 2.36. The van der Waals surface area contributed by atoms with Gasteiger partial charge in [-0.15, -0.1) is 0 Å². The van der Waals surface area contributed by atoms with Crippen LogP contribution in [0.3, 0.4) is 0 Å². The minimum Gasteiger partial charge on any atom is -0.419 e. The minimum absolute atomic E-state index is 0.134. The summed E-state index contributed by atoms with van der Waals surface area (Å²) in [5.41, 5.74) is 0.676. The van der Waals surface area contributed by atoms with Crippen LogP contribution < -0.4 is 0 Å². The fourth-order valence-corrected chi connectivity index (χ4v) is 2.43. The second-order valence-corrected chi connectivity index (χ2v) is 5.66. The zero-order chi connectivity index (χ0) is 11.5. The van der Waals surface area contributed by atoms with Crippen molar-refractivity contribution in [3.8, 4) is 0 Å². The van der Waals surface area contributed by atoms with Crippen LogP contribution in [0.15, 0.2) is 18.2 Å². The van der Waals surface area contributed by atoms with Gasteiger partial charge in [-0.3, -0.25) is 0 Å².